The predicted molar refractivity (Wildman–Crippen MR) is 116 cm³/mol. The van der Waals surface area contributed by atoms with E-state index in [1.807, 2.05) is 13.0 Å². The van der Waals surface area contributed by atoms with Gasteiger partial charge in [-0.15, -0.1) is 0 Å². The van der Waals surface area contributed by atoms with E-state index in [-0.39, 0.29) is 11.9 Å². The number of carbonyl (C=O) groups excluding carboxylic acids is 1. The molecule has 1 unspecified atom stereocenters. The number of amides is 1. The van der Waals surface area contributed by atoms with Crippen LogP contribution in [0.25, 0.3) is 11.4 Å². The van der Waals surface area contributed by atoms with Crippen molar-refractivity contribution in [2.24, 2.45) is 0 Å². The number of likely N-dealkylation sites (tertiary alicyclic amines) is 1. The molecule has 3 aromatic rings. The Morgan fingerprint density at radius 2 is 1.88 bits per heavy atom. The molecule has 1 aliphatic rings. The Balaban J connectivity index is 1.56. The third kappa shape index (κ3) is 5.35. The lowest BCUT2D eigenvalue weighted by Crippen LogP contribution is -2.44. The van der Waals surface area contributed by atoms with Gasteiger partial charge in [-0.25, -0.2) is 15.0 Å². The van der Waals surface area contributed by atoms with E-state index in [0.29, 0.717) is 47.9 Å². The van der Waals surface area contributed by atoms with E-state index in [2.05, 4.69) is 19.9 Å². The van der Waals surface area contributed by atoms with E-state index < -0.39 is 11.7 Å². The highest BCUT2D eigenvalue weighted by Gasteiger charge is 2.32. The van der Waals surface area contributed by atoms with Crippen molar-refractivity contribution in [2.45, 2.75) is 51.2 Å². The lowest BCUT2D eigenvalue weighted by atomic mass is 9.96. The number of hydrogen-bond donors (Lipinski definition) is 0. The molecule has 0 N–H and O–H groups in total. The smallest absolute Gasteiger partial charge is 0.334 e. The SMILES string of the molecule is Cc1ccc(-c2ncccn2)c(C(=O)N2CCCCC2CCc2cc(C(F)(F)F)ccn2)n1. The van der Waals surface area contributed by atoms with E-state index >= 15 is 0 Å². The molecular weight excluding hydrogens is 431 g/mol. The van der Waals surface area contributed by atoms with Crippen LogP contribution in [-0.4, -0.2) is 43.3 Å². The highest BCUT2D eigenvalue weighted by molar-refractivity contribution is 5.98. The molecule has 0 spiro atoms. The van der Waals surface area contributed by atoms with E-state index in [1.54, 1.807) is 29.4 Å². The summed E-state index contributed by atoms with van der Waals surface area (Å²) in [5.74, 6) is 0.220. The molecule has 1 fully saturated rings. The number of pyridine rings is 2. The molecule has 0 aromatic carbocycles. The van der Waals surface area contributed by atoms with Crippen LogP contribution in [-0.2, 0) is 12.6 Å². The zero-order valence-corrected chi connectivity index (χ0v) is 18.2. The van der Waals surface area contributed by atoms with Gasteiger partial charge in [0.25, 0.3) is 5.91 Å². The van der Waals surface area contributed by atoms with Crippen LogP contribution < -0.4 is 0 Å². The van der Waals surface area contributed by atoms with Crippen molar-refractivity contribution < 1.29 is 18.0 Å². The first-order chi connectivity index (χ1) is 15.8. The minimum Gasteiger partial charge on any atom is -0.334 e. The highest BCUT2D eigenvalue weighted by atomic mass is 19.4. The van der Waals surface area contributed by atoms with Gasteiger partial charge < -0.3 is 4.90 Å². The molecule has 0 radical (unpaired) electrons. The number of halogens is 3. The zero-order chi connectivity index (χ0) is 23.4. The number of carbonyl (C=O) groups is 1. The molecule has 0 saturated carbocycles. The fourth-order valence-electron chi connectivity index (χ4n) is 4.15. The van der Waals surface area contributed by atoms with Crippen molar-refractivity contribution in [3.8, 4) is 11.4 Å². The van der Waals surface area contributed by atoms with Crippen LogP contribution in [0.15, 0.2) is 48.9 Å². The molecule has 1 aliphatic heterocycles. The van der Waals surface area contributed by atoms with Gasteiger partial charge >= 0.3 is 6.18 Å². The third-order valence-corrected chi connectivity index (χ3v) is 5.81. The summed E-state index contributed by atoms with van der Waals surface area (Å²) in [5, 5.41) is 0. The third-order valence-electron chi connectivity index (χ3n) is 5.81. The summed E-state index contributed by atoms with van der Waals surface area (Å²) in [5.41, 5.74) is 1.23. The van der Waals surface area contributed by atoms with Crippen LogP contribution in [0, 0.1) is 6.92 Å². The summed E-state index contributed by atoms with van der Waals surface area (Å²) in [6.45, 7) is 2.39. The number of nitrogens with zero attached hydrogens (tertiary/aromatic N) is 5. The molecule has 0 bridgehead atoms. The number of hydrogen-bond acceptors (Lipinski definition) is 5. The van der Waals surface area contributed by atoms with Crippen molar-refractivity contribution >= 4 is 5.91 Å². The Morgan fingerprint density at radius 3 is 2.64 bits per heavy atom. The van der Waals surface area contributed by atoms with Crippen molar-refractivity contribution in [1.82, 2.24) is 24.8 Å². The van der Waals surface area contributed by atoms with Gasteiger partial charge in [-0.2, -0.15) is 13.2 Å². The molecule has 33 heavy (non-hydrogen) atoms. The molecule has 9 heteroatoms. The summed E-state index contributed by atoms with van der Waals surface area (Å²) in [4.78, 5) is 32.5. The van der Waals surface area contributed by atoms with Crippen molar-refractivity contribution in [1.29, 1.82) is 0 Å². The first kappa shape index (κ1) is 22.8. The average Bonchev–Trinajstić information content (AvgIpc) is 2.82. The maximum Gasteiger partial charge on any atom is 0.416 e. The Morgan fingerprint density at radius 1 is 1.09 bits per heavy atom. The Labute approximate surface area is 189 Å². The van der Waals surface area contributed by atoms with Gasteiger partial charge in [-0.1, -0.05) is 0 Å². The van der Waals surface area contributed by atoms with Crippen LogP contribution in [0.4, 0.5) is 13.2 Å². The second kappa shape index (κ2) is 9.64. The van der Waals surface area contributed by atoms with Crippen LogP contribution >= 0.6 is 0 Å². The summed E-state index contributed by atoms with van der Waals surface area (Å²) in [6.07, 6.45) is 3.50. The van der Waals surface area contributed by atoms with Gasteiger partial charge in [0, 0.05) is 42.6 Å². The van der Waals surface area contributed by atoms with Crippen LogP contribution in [0.5, 0.6) is 0 Å². The second-order valence-electron chi connectivity index (χ2n) is 8.14. The van der Waals surface area contributed by atoms with Gasteiger partial charge in [0.15, 0.2) is 5.82 Å². The molecule has 3 aromatic heterocycles. The quantitative estimate of drug-likeness (QED) is 0.548. The standard InChI is InChI=1S/C24H24F3N5O/c1-16-6-9-20(22-29-11-4-12-30-22)21(31-16)23(33)32-14-3-2-5-19(32)8-7-18-15-17(10-13-28-18)24(25,26)27/h4,6,9-13,15,19H,2-3,5,7-8,14H2,1H3. The average molecular weight is 455 g/mol. The van der Waals surface area contributed by atoms with Crippen LogP contribution in [0.3, 0.4) is 0 Å². The molecule has 172 valence electrons. The number of aryl methyl sites for hydroxylation is 2. The Kier molecular flexibility index (Phi) is 6.67. The minimum absolute atomic E-state index is 0.102. The van der Waals surface area contributed by atoms with Gasteiger partial charge in [-0.05, 0) is 69.4 Å². The summed E-state index contributed by atoms with van der Waals surface area (Å²) in [6, 6.07) is 7.27. The second-order valence-corrected chi connectivity index (χ2v) is 8.14. The minimum atomic E-state index is -4.41. The molecule has 1 atom stereocenters. The molecular formula is C24H24F3N5O. The zero-order valence-electron chi connectivity index (χ0n) is 18.2. The molecule has 4 rings (SSSR count). The van der Waals surface area contributed by atoms with Gasteiger partial charge in [-0.3, -0.25) is 9.78 Å². The maximum absolute atomic E-state index is 13.6. The van der Waals surface area contributed by atoms with E-state index in [0.717, 1.165) is 31.4 Å². The van der Waals surface area contributed by atoms with Gasteiger partial charge in [0.05, 0.1) is 11.1 Å². The first-order valence-corrected chi connectivity index (χ1v) is 10.9. The largest absolute Gasteiger partial charge is 0.416 e. The maximum atomic E-state index is 13.6. The molecule has 6 nitrogen and oxygen atoms in total. The molecule has 4 heterocycles. The first-order valence-electron chi connectivity index (χ1n) is 10.9. The van der Waals surface area contributed by atoms with Crippen LogP contribution in [0.1, 0.15) is 53.1 Å². The predicted octanol–water partition coefficient (Wildman–Crippen LogP) is 4.89. The van der Waals surface area contributed by atoms with Crippen molar-refractivity contribution in [2.75, 3.05) is 6.54 Å². The fourth-order valence-corrected chi connectivity index (χ4v) is 4.15. The summed E-state index contributed by atoms with van der Waals surface area (Å²) >= 11 is 0. The lowest BCUT2D eigenvalue weighted by molar-refractivity contribution is -0.137. The van der Waals surface area contributed by atoms with Crippen molar-refractivity contribution in [3.05, 3.63) is 71.6 Å². The van der Waals surface area contributed by atoms with Gasteiger partial charge in [0.1, 0.15) is 5.69 Å². The number of rotatable bonds is 5. The monoisotopic (exact) mass is 455 g/mol. The molecule has 1 saturated heterocycles. The summed E-state index contributed by atoms with van der Waals surface area (Å²) in [7, 11) is 0. The normalized spacial score (nSPS) is 16.6. The fraction of sp³-hybridized carbons (Fsp3) is 0.375. The Hall–Kier alpha value is -3.36. The number of aromatic nitrogens is 4. The molecule has 1 amide bonds. The highest BCUT2D eigenvalue weighted by Crippen LogP contribution is 2.30. The van der Waals surface area contributed by atoms with E-state index in [9.17, 15) is 18.0 Å². The number of alkyl halides is 3. The Bertz CT molecular complexity index is 1120. The lowest BCUT2D eigenvalue weighted by Gasteiger charge is -2.36. The topological polar surface area (TPSA) is 71.9 Å². The van der Waals surface area contributed by atoms with E-state index in [1.165, 1.54) is 6.20 Å². The van der Waals surface area contributed by atoms with E-state index in [4.69, 9.17) is 0 Å². The van der Waals surface area contributed by atoms with Gasteiger partial charge in [0.2, 0.25) is 0 Å². The van der Waals surface area contributed by atoms with Crippen molar-refractivity contribution in [3.63, 3.8) is 0 Å². The summed E-state index contributed by atoms with van der Waals surface area (Å²) < 4.78 is 39.1. The number of piperidine rings is 1. The molecule has 0 aliphatic carbocycles. The van der Waals surface area contributed by atoms with Crippen LogP contribution in [0.2, 0.25) is 0 Å².